The first-order chi connectivity index (χ1) is 7.72. The minimum atomic E-state index is -1.11. The van der Waals surface area contributed by atoms with Crippen molar-refractivity contribution in [1.29, 1.82) is 5.26 Å². The summed E-state index contributed by atoms with van der Waals surface area (Å²) in [6.45, 7) is 0. The molecule has 0 saturated carbocycles. The summed E-state index contributed by atoms with van der Waals surface area (Å²) in [6, 6.07) is 3.45. The lowest BCUT2D eigenvalue weighted by Gasteiger charge is -2.14. The first-order valence-corrected chi connectivity index (χ1v) is 4.74. The third kappa shape index (κ3) is 1.86. The lowest BCUT2D eigenvalue weighted by Crippen LogP contribution is -2.17. The molecule has 0 bridgehead atoms. The van der Waals surface area contributed by atoms with E-state index in [0.29, 0.717) is 16.6 Å². The number of nitriles is 1. The molecule has 0 amide bonds. The van der Waals surface area contributed by atoms with E-state index in [1.54, 1.807) is 18.3 Å². The summed E-state index contributed by atoms with van der Waals surface area (Å²) < 4.78 is 0. The van der Waals surface area contributed by atoms with Crippen LogP contribution in [0.3, 0.4) is 0 Å². The summed E-state index contributed by atoms with van der Waals surface area (Å²) in [5, 5.41) is 34.1. The zero-order valence-electron chi connectivity index (χ0n) is 8.33. The van der Waals surface area contributed by atoms with Crippen molar-refractivity contribution in [2.75, 3.05) is 0 Å². The normalized spacial score (nSPS) is 14.6. The molecular formula is C10H10N4O2. The summed E-state index contributed by atoms with van der Waals surface area (Å²) in [6.07, 6.45) is 0.690. The van der Waals surface area contributed by atoms with Gasteiger partial charge in [0.2, 0.25) is 0 Å². The number of hydrogen-bond donors (Lipinski definition) is 3. The second kappa shape index (κ2) is 4.26. The zero-order valence-corrected chi connectivity index (χ0v) is 8.33. The molecule has 0 fully saturated rings. The molecule has 6 nitrogen and oxygen atoms in total. The van der Waals surface area contributed by atoms with E-state index < -0.39 is 12.2 Å². The number of aliphatic hydroxyl groups is 2. The van der Waals surface area contributed by atoms with Crippen molar-refractivity contribution in [2.24, 2.45) is 0 Å². The molecule has 0 aliphatic rings. The first kappa shape index (κ1) is 10.5. The Hall–Kier alpha value is -1.97. The summed E-state index contributed by atoms with van der Waals surface area (Å²) in [7, 11) is 0. The predicted molar refractivity (Wildman–Crippen MR) is 55.1 cm³/mol. The maximum absolute atomic E-state index is 9.74. The van der Waals surface area contributed by atoms with Gasteiger partial charge in [-0.2, -0.15) is 10.4 Å². The average molecular weight is 218 g/mol. The molecule has 0 aliphatic heterocycles. The topological polar surface area (TPSA) is 106 Å². The van der Waals surface area contributed by atoms with E-state index in [0.717, 1.165) is 0 Å². The van der Waals surface area contributed by atoms with E-state index in [2.05, 4.69) is 15.2 Å². The van der Waals surface area contributed by atoms with Gasteiger partial charge in [-0.1, -0.05) is 0 Å². The predicted octanol–water partition coefficient (Wildman–Crippen LogP) is 0.266. The van der Waals surface area contributed by atoms with Gasteiger partial charge >= 0.3 is 0 Å². The number of pyridine rings is 1. The molecule has 0 spiro atoms. The van der Waals surface area contributed by atoms with Crippen LogP contribution in [0.2, 0.25) is 0 Å². The molecule has 6 heteroatoms. The monoisotopic (exact) mass is 218 g/mol. The standard InChI is InChI=1S/C10H10N4O2/c11-2-1-9(15)10(16)6-3-7-8(12-4-6)5-13-14-7/h3-5,9-10,15-16H,1H2,(H,13,14). The third-order valence-corrected chi connectivity index (χ3v) is 2.32. The molecule has 0 radical (unpaired) electrons. The number of hydrogen-bond acceptors (Lipinski definition) is 5. The molecule has 0 saturated heterocycles. The quantitative estimate of drug-likeness (QED) is 0.685. The highest BCUT2D eigenvalue weighted by Crippen LogP contribution is 2.20. The molecule has 2 rings (SSSR count). The number of rotatable bonds is 3. The zero-order chi connectivity index (χ0) is 11.5. The van der Waals surface area contributed by atoms with Crippen LogP contribution in [0.15, 0.2) is 18.5 Å². The maximum Gasteiger partial charge on any atom is 0.108 e. The number of aromatic amines is 1. The molecule has 2 aromatic heterocycles. The summed E-state index contributed by atoms with van der Waals surface area (Å²) in [5.41, 5.74) is 1.82. The second-order valence-corrected chi connectivity index (χ2v) is 3.45. The summed E-state index contributed by atoms with van der Waals surface area (Å²) >= 11 is 0. The molecular weight excluding hydrogens is 208 g/mol. The third-order valence-electron chi connectivity index (χ3n) is 2.32. The number of fused-ring (bicyclic) bond motifs is 1. The van der Waals surface area contributed by atoms with Gasteiger partial charge in [0.1, 0.15) is 11.6 Å². The second-order valence-electron chi connectivity index (χ2n) is 3.45. The number of H-pyrrole nitrogens is 1. The fraction of sp³-hybridized carbons (Fsp3) is 0.300. The number of nitrogens with zero attached hydrogens (tertiary/aromatic N) is 3. The fourth-order valence-corrected chi connectivity index (χ4v) is 1.44. The number of aromatic nitrogens is 3. The molecule has 82 valence electrons. The van der Waals surface area contributed by atoms with Crippen molar-refractivity contribution in [1.82, 2.24) is 15.2 Å². The molecule has 2 atom stereocenters. The van der Waals surface area contributed by atoms with Crippen molar-refractivity contribution in [3.8, 4) is 6.07 Å². The Balaban J connectivity index is 2.29. The first-order valence-electron chi connectivity index (χ1n) is 4.74. The molecule has 2 unspecified atom stereocenters. The highest BCUT2D eigenvalue weighted by atomic mass is 16.3. The Labute approximate surface area is 91.2 Å². The van der Waals surface area contributed by atoms with E-state index in [1.165, 1.54) is 6.20 Å². The van der Waals surface area contributed by atoms with Crippen LogP contribution in [-0.4, -0.2) is 31.5 Å². The Morgan fingerprint density at radius 1 is 1.44 bits per heavy atom. The largest absolute Gasteiger partial charge is 0.389 e. The average Bonchev–Trinajstić information content (AvgIpc) is 2.75. The van der Waals surface area contributed by atoms with Crippen LogP contribution in [0.25, 0.3) is 11.0 Å². The van der Waals surface area contributed by atoms with Crippen LogP contribution in [0.4, 0.5) is 0 Å². The van der Waals surface area contributed by atoms with Crippen LogP contribution in [-0.2, 0) is 0 Å². The van der Waals surface area contributed by atoms with E-state index in [4.69, 9.17) is 5.26 Å². The molecule has 16 heavy (non-hydrogen) atoms. The molecule has 2 aromatic rings. The van der Waals surface area contributed by atoms with Gasteiger partial charge in [-0.15, -0.1) is 0 Å². The van der Waals surface area contributed by atoms with Gasteiger partial charge in [-0.25, -0.2) is 0 Å². The van der Waals surface area contributed by atoms with Crippen LogP contribution in [0, 0.1) is 11.3 Å². The molecule has 0 aromatic carbocycles. The Bertz CT molecular complexity index is 531. The van der Waals surface area contributed by atoms with Gasteiger partial charge in [-0.3, -0.25) is 10.1 Å². The minimum Gasteiger partial charge on any atom is -0.389 e. The van der Waals surface area contributed by atoms with Gasteiger partial charge < -0.3 is 10.2 Å². The van der Waals surface area contributed by atoms with Crippen molar-refractivity contribution in [3.05, 3.63) is 24.0 Å². The van der Waals surface area contributed by atoms with Crippen molar-refractivity contribution in [2.45, 2.75) is 18.6 Å². The Kier molecular flexibility index (Phi) is 2.81. The van der Waals surface area contributed by atoms with Crippen LogP contribution in [0.1, 0.15) is 18.1 Å². The van der Waals surface area contributed by atoms with Crippen LogP contribution in [0.5, 0.6) is 0 Å². The fourth-order valence-electron chi connectivity index (χ4n) is 1.44. The van der Waals surface area contributed by atoms with Gasteiger partial charge in [0.15, 0.2) is 0 Å². The lowest BCUT2D eigenvalue weighted by molar-refractivity contribution is 0.0215. The van der Waals surface area contributed by atoms with E-state index in [1.807, 2.05) is 0 Å². The highest BCUT2D eigenvalue weighted by Gasteiger charge is 2.18. The van der Waals surface area contributed by atoms with Crippen molar-refractivity contribution in [3.63, 3.8) is 0 Å². The summed E-state index contributed by atoms with van der Waals surface area (Å²) in [4.78, 5) is 4.06. The molecule has 2 heterocycles. The Morgan fingerprint density at radius 3 is 3.00 bits per heavy atom. The lowest BCUT2D eigenvalue weighted by atomic mass is 10.0. The minimum absolute atomic E-state index is 0.123. The van der Waals surface area contributed by atoms with Gasteiger partial charge in [0, 0.05) is 11.8 Å². The SMILES string of the molecule is N#CCC(O)C(O)c1cnc2cn[nH]c2c1. The Morgan fingerprint density at radius 2 is 2.25 bits per heavy atom. The molecule has 3 N–H and O–H groups in total. The van der Waals surface area contributed by atoms with Gasteiger partial charge in [0.05, 0.1) is 30.3 Å². The number of nitrogens with one attached hydrogen (secondary N) is 1. The van der Waals surface area contributed by atoms with Gasteiger partial charge in [-0.05, 0) is 6.07 Å². The smallest absolute Gasteiger partial charge is 0.108 e. The highest BCUT2D eigenvalue weighted by molar-refractivity contribution is 5.73. The van der Waals surface area contributed by atoms with Crippen molar-refractivity contribution >= 4 is 11.0 Å². The van der Waals surface area contributed by atoms with E-state index in [-0.39, 0.29) is 6.42 Å². The maximum atomic E-state index is 9.74. The summed E-state index contributed by atoms with van der Waals surface area (Å²) in [5.74, 6) is 0. The van der Waals surface area contributed by atoms with E-state index in [9.17, 15) is 10.2 Å². The van der Waals surface area contributed by atoms with E-state index >= 15 is 0 Å². The molecule has 0 aliphatic carbocycles. The van der Waals surface area contributed by atoms with Crippen molar-refractivity contribution < 1.29 is 10.2 Å². The van der Waals surface area contributed by atoms with Crippen LogP contribution < -0.4 is 0 Å². The number of aliphatic hydroxyl groups excluding tert-OH is 2. The van der Waals surface area contributed by atoms with Crippen LogP contribution >= 0.6 is 0 Å². The van der Waals surface area contributed by atoms with Gasteiger partial charge in [0.25, 0.3) is 0 Å².